The lowest BCUT2D eigenvalue weighted by atomic mass is 10.0. The molecule has 1 saturated heterocycles. The number of hydrogen-bond acceptors (Lipinski definition) is 6. The van der Waals surface area contributed by atoms with Crippen LogP contribution in [0.4, 0.5) is 4.79 Å². The second-order valence-corrected chi connectivity index (χ2v) is 5.93. The van der Waals surface area contributed by atoms with Crippen LogP contribution in [0.1, 0.15) is 52.4 Å². The molecule has 0 saturated carbocycles. The normalized spacial score (nSPS) is 20.5. The van der Waals surface area contributed by atoms with Gasteiger partial charge in [-0.05, 0) is 32.6 Å². The Balaban J connectivity index is 2.58. The second-order valence-electron chi connectivity index (χ2n) is 5.93. The Kier molecular flexibility index (Phi) is 9.20. The van der Waals surface area contributed by atoms with Gasteiger partial charge in [0.05, 0.1) is 26.9 Å². The molecule has 1 amide bonds. The maximum absolute atomic E-state index is 12.1. The molecule has 0 aromatic rings. The molecule has 0 spiro atoms. The quantitative estimate of drug-likeness (QED) is 0.340. The van der Waals surface area contributed by atoms with E-state index >= 15 is 0 Å². The zero-order valence-electron chi connectivity index (χ0n) is 15.6. The van der Waals surface area contributed by atoms with Crippen molar-refractivity contribution in [2.75, 3.05) is 20.8 Å². The van der Waals surface area contributed by atoms with Gasteiger partial charge in [0.15, 0.2) is 5.78 Å². The van der Waals surface area contributed by atoms with Gasteiger partial charge >= 0.3 is 6.09 Å². The number of Topliss-reactive ketones (excluding diaryl/α,β-unsaturated/α-hetero) is 2. The van der Waals surface area contributed by atoms with Crippen LogP contribution in [0, 0.1) is 0 Å². The number of hydrogen-bond donors (Lipinski definition) is 0. The van der Waals surface area contributed by atoms with Crippen LogP contribution in [-0.4, -0.2) is 55.7 Å². The summed E-state index contributed by atoms with van der Waals surface area (Å²) in [6.07, 6.45) is 3.24. The fraction of sp³-hybridized carbons (Fsp3) is 0.722. The topological polar surface area (TPSA) is 82.1 Å². The maximum atomic E-state index is 12.1. The predicted octanol–water partition coefficient (Wildman–Crippen LogP) is 2.83. The summed E-state index contributed by atoms with van der Waals surface area (Å²) in [6.45, 7) is 4.22. The standard InChI is InChI=1S/C18H29NO6/c1-5-13(12-23-3)16(21)11-15(20)9-7-14-8-10-17(25-6-2)19(14)18(22)24-4/h12,14,17H,5-11H2,1-4H3/b13-12+/t14-,17?/m1/s1. The molecule has 0 bridgehead atoms. The number of carbonyl (C=O) groups excluding carboxylic acids is 3. The lowest BCUT2D eigenvalue weighted by Crippen LogP contribution is -2.42. The Morgan fingerprint density at radius 1 is 1.16 bits per heavy atom. The Morgan fingerprint density at radius 2 is 1.88 bits per heavy atom. The van der Waals surface area contributed by atoms with Crippen LogP contribution in [-0.2, 0) is 23.8 Å². The van der Waals surface area contributed by atoms with Crippen molar-refractivity contribution in [1.82, 2.24) is 4.90 Å². The highest BCUT2D eigenvalue weighted by Crippen LogP contribution is 2.29. The molecule has 1 fully saturated rings. The van der Waals surface area contributed by atoms with Crippen molar-refractivity contribution in [3.8, 4) is 0 Å². The van der Waals surface area contributed by atoms with Gasteiger partial charge in [0, 0.05) is 24.6 Å². The average molecular weight is 355 g/mol. The Hall–Kier alpha value is -1.89. The highest BCUT2D eigenvalue weighted by molar-refractivity contribution is 6.07. The SMILES string of the molecule is CCOC1CC[C@@H](CCC(=O)CC(=O)/C(=C/OC)CC)N1C(=O)OC. The van der Waals surface area contributed by atoms with Gasteiger partial charge in [0.1, 0.15) is 12.0 Å². The smallest absolute Gasteiger partial charge is 0.411 e. The third kappa shape index (κ3) is 6.16. The molecule has 1 aliphatic rings. The van der Waals surface area contributed by atoms with E-state index in [9.17, 15) is 14.4 Å². The van der Waals surface area contributed by atoms with Gasteiger partial charge < -0.3 is 14.2 Å². The molecular weight excluding hydrogens is 326 g/mol. The van der Waals surface area contributed by atoms with E-state index in [1.54, 1.807) is 4.90 Å². The van der Waals surface area contributed by atoms with Gasteiger partial charge in [-0.3, -0.25) is 14.5 Å². The monoisotopic (exact) mass is 355 g/mol. The van der Waals surface area contributed by atoms with E-state index in [-0.39, 0.29) is 36.7 Å². The van der Waals surface area contributed by atoms with Crippen molar-refractivity contribution in [2.45, 2.75) is 64.6 Å². The van der Waals surface area contributed by atoms with Gasteiger partial charge in [-0.15, -0.1) is 0 Å². The lowest BCUT2D eigenvalue weighted by molar-refractivity contribution is -0.125. The fourth-order valence-electron chi connectivity index (χ4n) is 3.06. The van der Waals surface area contributed by atoms with E-state index in [0.717, 1.165) is 12.8 Å². The average Bonchev–Trinajstić information content (AvgIpc) is 3.00. The van der Waals surface area contributed by atoms with Crippen LogP contribution in [0.5, 0.6) is 0 Å². The number of allylic oxidation sites excluding steroid dienone is 1. The van der Waals surface area contributed by atoms with Crippen LogP contribution in [0.25, 0.3) is 0 Å². The Morgan fingerprint density at radius 3 is 2.44 bits per heavy atom. The maximum Gasteiger partial charge on any atom is 0.411 e. The predicted molar refractivity (Wildman–Crippen MR) is 91.9 cm³/mol. The molecule has 0 N–H and O–H groups in total. The van der Waals surface area contributed by atoms with E-state index in [1.165, 1.54) is 20.5 Å². The largest absolute Gasteiger partial charge is 0.504 e. The molecule has 0 aromatic carbocycles. The molecule has 1 heterocycles. The molecule has 25 heavy (non-hydrogen) atoms. The highest BCUT2D eigenvalue weighted by atomic mass is 16.6. The van der Waals surface area contributed by atoms with E-state index in [4.69, 9.17) is 14.2 Å². The van der Waals surface area contributed by atoms with E-state index < -0.39 is 6.09 Å². The molecule has 1 aliphatic heterocycles. The number of rotatable bonds is 10. The van der Waals surface area contributed by atoms with E-state index in [2.05, 4.69) is 0 Å². The van der Waals surface area contributed by atoms with Gasteiger partial charge in [0.2, 0.25) is 0 Å². The van der Waals surface area contributed by atoms with Crippen LogP contribution in [0.2, 0.25) is 0 Å². The summed E-state index contributed by atoms with van der Waals surface area (Å²) < 4.78 is 15.3. The second kappa shape index (κ2) is 10.9. The summed E-state index contributed by atoms with van der Waals surface area (Å²) >= 11 is 0. The Bertz CT molecular complexity index is 502. The van der Waals surface area contributed by atoms with Gasteiger partial charge in [-0.25, -0.2) is 4.79 Å². The number of methoxy groups -OCH3 is 2. The molecule has 0 aromatic heterocycles. The number of carbonyl (C=O) groups is 3. The lowest BCUT2D eigenvalue weighted by Gasteiger charge is -2.28. The zero-order valence-corrected chi connectivity index (χ0v) is 15.6. The molecular formula is C18H29NO6. The molecule has 1 unspecified atom stereocenters. The van der Waals surface area contributed by atoms with Gasteiger partial charge in [0.25, 0.3) is 0 Å². The summed E-state index contributed by atoms with van der Waals surface area (Å²) in [7, 11) is 2.81. The van der Waals surface area contributed by atoms with E-state index in [0.29, 0.717) is 25.0 Å². The molecule has 0 aliphatic carbocycles. The van der Waals surface area contributed by atoms with Crippen LogP contribution < -0.4 is 0 Å². The third-order valence-corrected chi connectivity index (χ3v) is 4.31. The minimum Gasteiger partial charge on any atom is -0.504 e. The van der Waals surface area contributed by atoms with Crippen molar-refractivity contribution in [2.24, 2.45) is 0 Å². The van der Waals surface area contributed by atoms with Crippen LogP contribution >= 0.6 is 0 Å². The molecule has 0 radical (unpaired) electrons. The first-order valence-corrected chi connectivity index (χ1v) is 8.72. The van der Waals surface area contributed by atoms with Gasteiger partial charge in [-0.1, -0.05) is 6.92 Å². The van der Waals surface area contributed by atoms with Crippen LogP contribution in [0.15, 0.2) is 11.8 Å². The first kappa shape index (κ1) is 21.2. The minimum absolute atomic E-state index is 0.108. The number of ether oxygens (including phenoxy) is 3. The van der Waals surface area contributed by atoms with Crippen molar-refractivity contribution in [3.63, 3.8) is 0 Å². The third-order valence-electron chi connectivity index (χ3n) is 4.31. The van der Waals surface area contributed by atoms with Crippen molar-refractivity contribution in [3.05, 3.63) is 11.8 Å². The van der Waals surface area contributed by atoms with Crippen molar-refractivity contribution in [1.29, 1.82) is 0 Å². The Labute approximate surface area is 149 Å². The first-order chi connectivity index (χ1) is 12.0. The van der Waals surface area contributed by atoms with Crippen LogP contribution in [0.3, 0.4) is 0 Å². The molecule has 1 rings (SSSR count). The molecule has 7 heteroatoms. The molecule has 2 atom stereocenters. The number of amides is 1. The number of likely N-dealkylation sites (tertiary alicyclic amines) is 1. The van der Waals surface area contributed by atoms with Crippen molar-refractivity contribution >= 4 is 17.7 Å². The molecule has 142 valence electrons. The molecule has 7 nitrogen and oxygen atoms in total. The zero-order chi connectivity index (χ0) is 18.8. The van der Waals surface area contributed by atoms with Crippen molar-refractivity contribution < 1.29 is 28.6 Å². The van der Waals surface area contributed by atoms with E-state index in [1.807, 2.05) is 13.8 Å². The minimum atomic E-state index is -0.444. The number of nitrogens with zero attached hydrogens (tertiary/aromatic N) is 1. The summed E-state index contributed by atoms with van der Waals surface area (Å²) in [5.41, 5.74) is 0.504. The van der Waals surface area contributed by atoms with Gasteiger partial charge in [-0.2, -0.15) is 0 Å². The fourth-order valence-corrected chi connectivity index (χ4v) is 3.06. The summed E-state index contributed by atoms with van der Waals surface area (Å²) in [4.78, 5) is 37.8. The first-order valence-electron chi connectivity index (χ1n) is 8.72. The summed E-state index contributed by atoms with van der Waals surface area (Å²) in [5, 5.41) is 0. The summed E-state index contributed by atoms with van der Waals surface area (Å²) in [6, 6.07) is -0.108. The highest BCUT2D eigenvalue weighted by Gasteiger charge is 2.38. The number of ketones is 2. The summed E-state index contributed by atoms with van der Waals surface area (Å²) in [5.74, 6) is -0.345.